The Morgan fingerprint density at radius 2 is 1.83 bits per heavy atom. The van der Waals surface area contributed by atoms with Crippen LogP contribution in [0.15, 0.2) is 66.9 Å². The van der Waals surface area contributed by atoms with Crippen LogP contribution < -0.4 is 5.32 Å². The third-order valence-electron chi connectivity index (χ3n) is 3.75. The van der Waals surface area contributed by atoms with Gasteiger partial charge in [0, 0.05) is 25.2 Å². The van der Waals surface area contributed by atoms with Gasteiger partial charge in [0.05, 0.1) is 17.7 Å². The lowest BCUT2D eigenvalue weighted by atomic mass is 10.2. The van der Waals surface area contributed by atoms with E-state index < -0.39 is 0 Å². The minimum absolute atomic E-state index is 0.0433. The highest BCUT2D eigenvalue weighted by atomic mass is 16.2. The molecule has 4 nitrogen and oxygen atoms in total. The SMILES string of the molecule is CN(Cc1ccccc1)C(=O)CNc1cccc2cccnc12. The fourth-order valence-electron chi connectivity index (χ4n) is 2.50. The fourth-order valence-corrected chi connectivity index (χ4v) is 2.50. The van der Waals surface area contributed by atoms with Crippen LogP contribution in [0.2, 0.25) is 0 Å². The molecule has 1 amide bonds. The van der Waals surface area contributed by atoms with Gasteiger partial charge in [0.25, 0.3) is 0 Å². The van der Waals surface area contributed by atoms with Crippen molar-refractivity contribution in [3.05, 3.63) is 72.4 Å². The number of benzene rings is 2. The second-order valence-corrected chi connectivity index (χ2v) is 5.47. The number of hydrogen-bond acceptors (Lipinski definition) is 3. The van der Waals surface area contributed by atoms with Gasteiger partial charge < -0.3 is 10.2 Å². The lowest BCUT2D eigenvalue weighted by Crippen LogP contribution is -2.31. The highest BCUT2D eigenvalue weighted by Gasteiger charge is 2.10. The van der Waals surface area contributed by atoms with Crippen LogP contribution in [0.1, 0.15) is 5.56 Å². The Balaban J connectivity index is 1.64. The number of carbonyl (C=O) groups excluding carboxylic acids is 1. The standard InChI is InChI=1S/C19H19N3O/c1-22(14-15-7-3-2-4-8-15)18(23)13-21-17-11-5-9-16-10-6-12-20-19(16)17/h2-12,21H,13-14H2,1H3. The minimum Gasteiger partial charge on any atom is -0.374 e. The second kappa shape index (κ2) is 6.92. The van der Waals surface area contributed by atoms with Gasteiger partial charge >= 0.3 is 0 Å². The number of carbonyl (C=O) groups is 1. The fraction of sp³-hybridized carbons (Fsp3) is 0.158. The molecule has 1 aromatic heterocycles. The molecule has 4 heteroatoms. The van der Waals surface area contributed by atoms with E-state index in [1.807, 2.05) is 67.7 Å². The van der Waals surface area contributed by atoms with Crippen LogP contribution in [0.25, 0.3) is 10.9 Å². The minimum atomic E-state index is 0.0433. The molecular formula is C19H19N3O. The van der Waals surface area contributed by atoms with Crippen LogP contribution in [-0.2, 0) is 11.3 Å². The topological polar surface area (TPSA) is 45.2 Å². The molecule has 0 saturated heterocycles. The van der Waals surface area contributed by atoms with Crippen LogP contribution in [0, 0.1) is 0 Å². The van der Waals surface area contributed by atoms with E-state index in [1.54, 1.807) is 11.1 Å². The third kappa shape index (κ3) is 3.66. The molecule has 0 aliphatic heterocycles. The van der Waals surface area contributed by atoms with Crippen molar-refractivity contribution >= 4 is 22.5 Å². The highest BCUT2D eigenvalue weighted by Crippen LogP contribution is 2.20. The van der Waals surface area contributed by atoms with Crippen molar-refractivity contribution in [1.82, 2.24) is 9.88 Å². The normalized spacial score (nSPS) is 10.5. The summed E-state index contributed by atoms with van der Waals surface area (Å²) < 4.78 is 0. The van der Waals surface area contributed by atoms with Crippen LogP contribution in [0.4, 0.5) is 5.69 Å². The number of amides is 1. The summed E-state index contributed by atoms with van der Waals surface area (Å²) in [5.74, 6) is 0.0433. The number of nitrogens with zero attached hydrogens (tertiary/aromatic N) is 2. The molecule has 1 heterocycles. The van der Waals surface area contributed by atoms with Crippen molar-refractivity contribution in [1.29, 1.82) is 0 Å². The Morgan fingerprint density at radius 1 is 1.04 bits per heavy atom. The van der Waals surface area contributed by atoms with Gasteiger partial charge in [0.1, 0.15) is 0 Å². The first-order valence-corrected chi connectivity index (χ1v) is 7.59. The van der Waals surface area contributed by atoms with E-state index in [1.165, 1.54) is 0 Å². The summed E-state index contributed by atoms with van der Waals surface area (Å²) in [6, 6.07) is 19.8. The zero-order chi connectivity index (χ0) is 16.1. The molecule has 0 fully saturated rings. The number of likely N-dealkylation sites (N-methyl/N-ethyl adjacent to an activating group) is 1. The largest absolute Gasteiger partial charge is 0.374 e. The van der Waals surface area contributed by atoms with Gasteiger partial charge in [-0.15, -0.1) is 0 Å². The summed E-state index contributed by atoms with van der Waals surface area (Å²) >= 11 is 0. The van der Waals surface area contributed by atoms with E-state index in [0.717, 1.165) is 22.2 Å². The quantitative estimate of drug-likeness (QED) is 0.786. The first kappa shape index (κ1) is 15.0. The van der Waals surface area contributed by atoms with Gasteiger partial charge in [-0.25, -0.2) is 0 Å². The van der Waals surface area contributed by atoms with E-state index in [2.05, 4.69) is 10.3 Å². The van der Waals surface area contributed by atoms with Crippen molar-refractivity contribution in [2.24, 2.45) is 0 Å². The van der Waals surface area contributed by atoms with E-state index in [4.69, 9.17) is 0 Å². The molecule has 0 spiro atoms. The summed E-state index contributed by atoms with van der Waals surface area (Å²) in [6.45, 7) is 0.855. The summed E-state index contributed by atoms with van der Waals surface area (Å²) in [5, 5.41) is 4.26. The van der Waals surface area contributed by atoms with Gasteiger partial charge in [-0.05, 0) is 17.7 Å². The summed E-state index contributed by atoms with van der Waals surface area (Å²) in [5.41, 5.74) is 2.88. The molecule has 3 aromatic rings. The molecule has 1 N–H and O–H groups in total. The Bertz CT molecular complexity index is 797. The van der Waals surface area contributed by atoms with Crippen molar-refractivity contribution in [2.45, 2.75) is 6.54 Å². The van der Waals surface area contributed by atoms with E-state index in [0.29, 0.717) is 6.54 Å². The molecule has 116 valence electrons. The number of pyridine rings is 1. The summed E-state index contributed by atoms with van der Waals surface area (Å²) in [4.78, 5) is 18.4. The zero-order valence-corrected chi connectivity index (χ0v) is 13.1. The molecule has 0 unspecified atom stereocenters. The summed E-state index contributed by atoms with van der Waals surface area (Å²) in [6.07, 6.45) is 1.76. The second-order valence-electron chi connectivity index (χ2n) is 5.47. The molecular weight excluding hydrogens is 286 g/mol. The molecule has 0 aliphatic carbocycles. The molecule has 0 aliphatic rings. The van der Waals surface area contributed by atoms with Crippen molar-refractivity contribution in [3.63, 3.8) is 0 Å². The van der Waals surface area contributed by atoms with E-state index >= 15 is 0 Å². The monoisotopic (exact) mass is 305 g/mol. The number of anilines is 1. The maximum atomic E-state index is 12.3. The van der Waals surface area contributed by atoms with Crippen LogP contribution in [0.3, 0.4) is 0 Å². The first-order chi connectivity index (χ1) is 11.2. The third-order valence-corrected chi connectivity index (χ3v) is 3.75. The Labute approximate surface area is 135 Å². The van der Waals surface area contributed by atoms with Crippen LogP contribution in [-0.4, -0.2) is 29.4 Å². The van der Waals surface area contributed by atoms with Gasteiger partial charge in [-0.1, -0.05) is 48.5 Å². The smallest absolute Gasteiger partial charge is 0.241 e. The number of nitrogens with one attached hydrogen (secondary N) is 1. The number of fused-ring (bicyclic) bond motifs is 1. The molecule has 3 rings (SSSR count). The maximum absolute atomic E-state index is 12.3. The number of hydrogen-bond donors (Lipinski definition) is 1. The molecule has 0 saturated carbocycles. The predicted molar refractivity (Wildman–Crippen MR) is 93.1 cm³/mol. The number of aromatic nitrogens is 1. The highest BCUT2D eigenvalue weighted by molar-refractivity contribution is 5.92. The molecule has 2 aromatic carbocycles. The average Bonchev–Trinajstić information content (AvgIpc) is 2.60. The Hall–Kier alpha value is -2.88. The van der Waals surface area contributed by atoms with Gasteiger partial charge in [0.2, 0.25) is 5.91 Å². The lowest BCUT2D eigenvalue weighted by molar-refractivity contribution is -0.128. The lowest BCUT2D eigenvalue weighted by Gasteiger charge is -2.18. The Kier molecular flexibility index (Phi) is 4.52. The number of rotatable bonds is 5. The molecule has 0 bridgehead atoms. The van der Waals surface area contributed by atoms with Crippen molar-refractivity contribution < 1.29 is 4.79 Å². The van der Waals surface area contributed by atoms with E-state index in [-0.39, 0.29) is 12.5 Å². The summed E-state index contributed by atoms with van der Waals surface area (Å²) in [7, 11) is 1.82. The van der Waals surface area contributed by atoms with E-state index in [9.17, 15) is 4.79 Å². The average molecular weight is 305 g/mol. The number of para-hydroxylation sites is 1. The van der Waals surface area contributed by atoms with Gasteiger partial charge in [0.15, 0.2) is 0 Å². The predicted octanol–water partition coefficient (Wildman–Crippen LogP) is 3.31. The molecule has 23 heavy (non-hydrogen) atoms. The van der Waals surface area contributed by atoms with Crippen molar-refractivity contribution in [2.75, 3.05) is 18.9 Å². The molecule has 0 radical (unpaired) electrons. The van der Waals surface area contributed by atoms with Gasteiger partial charge in [-0.2, -0.15) is 0 Å². The molecule has 0 atom stereocenters. The van der Waals surface area contributed by atoms with Gasteiger partial charge in [-0.3, -0.25) is 9.78 Å². The van der Waals surface area contributed by atoms with Crippen molar-refractivity contribution in [3.8, 4) is 0 Å². The Morgan fingerprint density at radius 3 is 2.65 bits per heavy atom. The maximum Gasteiger partial charge on any atom is 0.241 e. The first-order valence-electron chi connectivity index (χ1n) is 7.59. The van der Waals surface area contributed by atoms with Crippen LogP contribution in [0.5, 0.6) is 0 Å². The zero-order valence-electron chi connectivity index (χ0n) is 13.1. The van der Waals surface area contributed by atoms with Crippen LogP contribution >= 0.6 is 0 Å².